The van der Waals surface area contributed by atoms with Gasteiger partial charge in [0.1, 0.15) is 0 Å². The van der Waals surface area contributed by atoms with Crippen molar-refractivity contribution in [3.05, 3.63) is 35.4 Å². The number of rotatable bonds is 2. The minimum Gasteiger partial charge on any atom is -0.388 e. The summed E-state index contributed by atoms with van der Waals surface area (Å²) < 4.78 is 0. The molecule has 0 aliphatic heterocycles. The number of aliphatic hydroxyl groups excluding tert-OH is 1. The van der Waals surface area contributed by atoms with Crippen molar-refractivity contribution in [2.75, 3.05) is 0 Å². The van der Waals surface area contributed by atoms with E-state index in [0.29, 0.717) is 11.5 Å². The molecule has 72 valence electrons. The number of hydrogen-bond acceptors (Lipinski definition) is 2. The van der Waals surface area contributed by atoms with Gasteiger partial charge < -0.3 is 5.11 Å². The highest BCUT2D eigenvalue weighted by atomic mass is 16.3. The number of nitrogens with zero attached hydrogens (tertiary/aromatic N) is 1. The van der Waals surface area contributed by atoms with Crippen LogP contribution < -0.4 is 0 Å². The fourth-order valence-corrected chi connectivity index (χ4v) is 1.78. The first kappa shape index (κ1) is 9.23. The Kier molecular flexibility index (Phi) is 2.51. The van der Waals surface area contributed by atoms with Gasteiger partial charge in [-0.2, -0.15) is 5.26 Å². The molecule has 2 nitrogen and oxygen atoms in total. The summed E-state index contributed by atoms with van der Waals surface area (Å²) in [6.45, 7) is 0. The van der Waals surface area contributed by atoms with Crippen molar-refractivity contribution in [2.45, 2.75) is 25.4 Å². The summed E-state index contributed by atoms with van der Waals surface area (Å²) in [5.74, 6) is 0.433. The predicted octanol–water partition coefficient (Wildman–Crippen LogP) is 2.39. The molecule has 0 heterocycles. The molecule has 2 rings (SSSR count). The summed E-state index contributed by atoms with van der Waals surface area (Å²) in [6.07, 6.45) is 3.15. The zero-order valence-electron chi connectivity index (χ0n) is 7.98. The molecule has 2 heteroatoms. The van der Waals surface area contributed by atoms with Crippen LogP contribution in [0.4, 0.5) is 0 Å². The number of nitriles is 1. The fraction of sp³-hybridized carbons (Fsp3) is 0.417. The molecule has 0 bridgehead atoms. The van der Waals surface area contributed by atoms with Crippen molar-refractivity contribution in [1.82, 2.24) is 0 Å². The number of benzene rings is 1. The monoisotopic (exact) mass is 187 g/mol. The summed E-state index contributed by atoms with van der Waals surface area (Å²) in [6, 6.07) is 9.29. The molecule has 0 spiro atoms. The molecule has 1 aliphatic carbocycles. The van der Waals surface area contributed by atoms with Crippen LogP contribution in [0.1, 0.15) is 36.5 Å². The first-order valence-corrected chi connectivity index (χ1v) is 4.99. The molecule has 1 atom stereocenters. The third kappa shape index (κ3) is 1.64. The number of hydrogen-bond donors (Lipinski definition) is 1. The lowest BCUT2D eigenvalue weighted by Crippen LogP contribution is -2.19. The van der Waals surface area contributed by atoms with E-state index in [1.807, 2.05) is 12.1 Å². The van der Waals surface area contributed by atoms with Crippen LogP contribution in [0, 0.1) is 17.2 Å². The Labute approximate surface area is 83.8 Å². The van der Waals surface area contributed by atoms with Crippen molar-refractivity contribution in [3.8, 4) is 6.07 Å². The molecule has 14 heavy (non-hydrogen) atoms. The van der Waals surface area contributed by atoms with E-state index in [1.54, 1.807) is 12.1 Å². The van der Waals surface area contributed by atoms with Gasteiger partial charge in [-0.3, -0.25) is 0 Å². The van der Waals surface area contributed by atoms with Crippen LogP contribution in [0.5, 0.6) is 0 Å². The Morgan fingerprint density at radius 2 is 1.93 bits per heavy atom. The molecule has 1 aromatic carbocycles. The maximum Gasteiger partial charge on any atom is 0.0991 e. The second kappa shape index (κ2) is 3.81. The normalized spacial score (nSPS) is 18.3. The summed E-state index contributed by atoms with van der Waals surface area (Å²) in [5, 5.41) is 18.5. The highest BCUT2D eigenvalue weighted by Gasteiger charge is 2.26. The van der Waals surface area contributed by atoms with Gasteiger partial charge in [0, 0.05) is 0 Å². The largest absolute Gasteiger partial charge is 0.388 e. The summed E-state index contributed by atoms with van der Waals surface area (Å²) in [5.41, 5.74) is 1.59. The molecule has 1 N–H and O–H groups in total. The van der Waals surface area contributed by atoms with Gasteiger partial charge in [0.05, 0.1) is 17.7 Å². The van der Waals surface area contributed by atoms with Gasteiger partial charge >= 0.3 is 0 Å². The third-order valence-corrected chi connectivity index (χ3v) is 2.98. The second-order valence-electron chi connectivity index (χ2n) is 3.87. The minimum atomic E-state index is -0.337. The van der Waals surface area contributed by atoms with E-state index in [9.17, 15) is 5.11 Å². The van der Waals surface area contributed by atoms with Gasteiger partial charge in [0.15, 0.2) is 0 Å². The first-order valence-electron chi connectivity index (χ1n) is 4.99. The molecule has 1 aliphatic rings. The average molecular weight is 187 g/mol. The van der Waals surface area contributed by atoms with E-state index < -0.39 is 0 Å². The van der Waals surface area contributed by atoms with Crippen molar-refractivity contribution < 1.29 is 5.11 Å². The molecule has 0 aromatic heterocycles. The van der Waals surface area contributed by atoms with Gasteiger partial charge in [0.2, 0.25) is 0 Å². The van der Waals surface area contributed by atoms with Gasteiger partial charge in [-0.1, -0.05) is 18.6 Å². The maximum atomic E-state index is 9.92. The van der Waals surface area contributed by atoms with Crippen LogP contribution in [0.25, 0.3) is 0 Å². The van der Waals surface area contributed by atoms with Crippen LogP contribution in [0.15, 0.2) is 24.3 Å². The highest BCUT2D eigenvalue weighted by molar-refractivity contribution is 5.32. The lowest BCUT2D eigenvalue weighted by Gasteiger charge is -2.30. The van der Waals surface area contributed by atoms with Crippen LogP contribution in [0.3, 0.4) is 0 Å². The molecule has 0 radical (unpaired) electrons. The van der Waals surface area contributed by atoms with Crippen molar-refractivity contribution >= 4 is 0 Å². The third-order valence-electron chi connectivity index (χ3n) is 2.98. The smallest absolute Gasteiger partial charge is 0.0991 e. The first-order chi connectivity index (χ1) is 6.81. The van der Waals surface area contributed by atoms with Crippen molar-refractivity contribution in [3.63, 3.8) is 0 Å². The SMILES string of the molecule is N#Cc1ccc(C(O)C2CCC2)cc1. The Hall–Kier alpha value is -1.33. The lowest BCUT2D eigenvalue weighted by molar-refractivity contribution is 0.0621. The molecular formula is C12H13NO. The topological polar surface area (TPSA) is 44.0 Å². The molecule has 1 aromatic rings. The zero-order chi connectivity index (χ0) is 9.97. The van der Waals surface area contributed by atoms with E-state index in [2.05, 4.69) is 6.07 Å². The van der Waals surface area contributed by atoms with Gasteiger partial charge in [-0.15, -0.1) is 0 Å². The highest BCUT2D eigenvalue weighted by Crippen LogP contribution is 2.37. The van der Waals surface area contributed by atoms with Crippen LogP contribution in [0.2, 0.25) is 0 Å². The quantitative estimate of drug-likeness (QED) is 0.772. The number of aliphatic hydroxyl groups is 1. The second-order valence-corrected chi connectivity index (χ2v) is 3.87. The van der Waals surface area contributed by atoms with E-state index in [1.165, 1.54) is 6.42 Å². The van der Waals surface area contributed by atoms with Gasteiger partial charge in [0.25, 0.3) is 0 Å². The van der Waals surface area contributed by atoms with E-state index >= 15 is 0 Å². The standard InChI is InChI=1S/C12H13NO/c13-8-9-4-6-11(7-5-9)12(14)10-2-1-3-10/h4-7,10,12,14H,1-3H2. The van der Waals surface area contributed by atoms with Crippen LogP contribution >= 0.6 is 0 Å². The van der Waals surface area contributed by atoms with Crippen molar-refractivity contribution in [1.29, 1.82) is 5.26 Å². The van der Waals surface area contributed by atoms with E-state index in [-0.39, 0.29) is 6.10 Å². The average Bonchev–Trinajstić information content (AvgIpc) is 2.15. The minimum absolute atomic E-state index is 0.337. The molecule has 0 saturated heterocycles. The van der Waals surface area contributed by atoms with Crippen molar-refractivity contribution in [2.24, 2.45) is 5.92 Å². The maximum absolute atomic E-state index is 9.92. The lowest BCUT2D eigenvalue weighted by atomic mass is 9.79. The Morgan fingerprint density at radius 3 is 2.36 bits per heavy atom. The van der Waals surface area contributed by atoms with Crippen LogP contribution in [-0.4, -0.2) is 5.11 Å². The fourth-order valence-electron chi connectivity index (χ4n) is 1.78. The Bertz CT molecular complexity index is 346. The summed E-state index contributed by atoms with van der Waals surface area (Å²) in [4.78, 5) is 0. The summed E-state index contributed by atoms with van der Waals surface area (Å²) >= 11 is 0. The van der Waals surface area contributed by atoms with E-state index in [0.717, 1.165) is 18.4 Å². The van der Waals surface area contributed by atoms with Crippen LogP contribution in [-0.2, 0) is 0 Å². The molecule has 1 fully saturated rings. The van der Waals surface area contributed by atoms with E-state index in [4.69, 9.17) is 5.26 Å². The summed E-state index contributed by atoms with van der Waals surface area (Å²) in [7, 11) is 0. The Morgan fingerprint density at radius 1 is 1.29 bits per heavy atom. The molecular weight excluding hydrogens is 174 g/mol. The Balaban J connectivity index is 2.12. The van der Waals surface area contributed by atoms with Gasteiger partial charge in [-0.25, -0.2) is 0 Å². The predicted molar refractivity (Wildman–Crippen MR) is 53.5 cm³/mol. The molecule has 1 saturated carbocycles. The zero-order valence-corrected chi connectivity index (χ0v) is 7.98. The van der Waals surface area contributed by atoms with Gasteiger partial charge in [-0.05, 0) is 36.5 Å². The molecule has 0 amide bonds. The molecule has 1 unspecified atom stereocenters.